The van der Waals surface area contributed by atoms with Crippen LogP contribution in [0.25, 0.3) is 0 Å². The lowest BCUT2D eigenvalue weighted by Gasteiger charge is -2.15. The van der Waals surface area contributed by atoms with Crippen molar-refractivity contribution in [2.45, 2.75) is 19.8 Å². The molecule has 0 radical (unpaired) electrons. The second kappa shape index (κ2) is 11.7. The van der Waals surface area contributed by atoms with Gasteiger partial charge in [-0.05, 0) is 61.0 Å². The van der Waals surface area contributed by atoms with Crippen LogP contribution in [0.1, 0.15) is 40.5 Å². The zero-order valence-corrected chi connectivity index (χ0v) is 21.0. The molecule has 3 aromatic carbocycles. The monoisotopic (exact) mass is 535 g/mol. The number of carbonyl (C=O) groups is 4. The number of amides is 3. The fraction of sp³-hybridized carbons (Fsp3) is 0.143. The van der Waals surface area contributed by atoms with Crippen molar-refractivity contribution in [3.8, 4) is 0 Å². The van der Waals surface area contributed by atoms with Crippen LogP contribution >= 0.6 is 11.6 Å². The van der Waals surface area contributed by atoms with E-state index in [-0.39, 0.29) is 16.4 Å². The van der Waals surface area contributed by atoms with E-state index in [1.54, 1.807) is 18.2 Å². The number of benzene rings is 3. The molecular formula is C28H23ClFN3O5. The molecule has 0 fully saturated rings. The Hall–Kier alpha value is -4.50. The molecule has 0 saturated heterocycles. The molecule has 1 aliphatic heterocycles. The van der Waals surface area contributed by atoms with Crippen molar-refractivity contribution in [2.75, 3.05) is 22.1 Å². The van der Waals surface area contributed by atoms with Crippen LogP contribution in [0, 0.1) is 5.82 Å². The summed E-state index contributed by atoms with van der Waals surface area (Å²) >= 11 is 6.10. The van der Waals surface area contributed by atoms with Gasteiger partial charge in [0.15, 0.2) is 0 Å². The number of hydrogen-bond donors (Lipinski definition) is 2. The summed E-state index contributed by atoms with van der Waals surface area (Å²) in [7, 11) is 0. The van der Waals surface area contributed by atoms with Crippen LogP contribution < -0.4 is 15.5 Å². The van der Waals surface area contributed by atoms with Gasteiger partial charge < -0.3 is 15.4 Å². The van der Waals surface area contributed by atoms with Crippen molar-refractivity contribution in [3.63, 3.8) is 0 Å². The predicted molar refractivity (Wildman–Crippen MR) is 141 cm³/mol. The van der Waals surface area contributed by atoms with Gasteiger partial charge in [-0.25, -0.2) is 14.1 Å². The van der Waals surface area contributed by atoms with Crippen molar-refractivity contribution in [2.24, 2.45) is 0 Å². The van der Waals surface area contributed by atoms with Gasteiger partial charge in [0.1, 0.15) is 16.5 Å². The molecule has 0 aromatic heterocycles. The van der Waals surface area contributed by atoms with Crippen molar-refractivity contribution < 1.29 is 28.3 Å². The smallest absolute Gasteiger partial charge is 0.338 e. The van der Waals surface area contributed by atoms with Crippen LogP contribution in [0.15, 0.2) is 83.5 Å². The summed E-state index contributed by atoms with van der Waals surface area (Å²) < 4.78 is 19.4. The van der Waals surface area contributed by atoms with Gasteiger partial charge >= 0.3 is 5.97 Å². The van der Waals surface area contributed by atoms with E-state index in [0.717, 1.165) is 18.9 Å². The minimum atomic E-state index is -0.850. The Balaban J connectivity index is 1.42. The predicted octanol–water partition coefficient (Wildman–Crippen LogP) is 5.47. The molecular weight excluding hydrogens is 513 g/mol. The lowest BCUT2D eigenvalue weighted by molar-refractivity contribution is -0.120. The van der Waals surface area contributed by atoms with Gasteiger partial charge in [-0.1, -0.05) is 43.1 Å². The molecule has 0 unspecified atom stereocenters. The van der Waals surface area contributed by atoms with Crippen LogP contribution in [0.5, 0.6) is 0 Å². The van der Waals surface area contributed by atoms with Gasteiger partial charge in [0.05, 0.1) is 17.9 Å². The number of nitrogens with one attached hydrogen (secondary N) is 2. The summed E-state index contributed by atoms with van der Waals surface area (Å²) in [5.74, 6) is -3.29. The molecule has 38 heavy (non-hydrogen) atoms. The molecule has 0 saturated carbocycles. The summed E-state index contributed by atoms with van der Waals surface area (Å²) in [6.45, 7) is 2.32. The summed E-state index contributed by atoms with van der Waals surface area (Å²) in [6.07, 6.45) is 1.67. The minimum absolute atomic E-state index is 0.206. The van der Waals surface area contributed by atoms with E-state index in [1.807, 2.05) is 6.92 Å². The van der Waals surface area contributed by atoms with Crippen molar-refractivity contribution >= 4 is 52.4 Å². The number of anilines is 3. The average molecular weight is 536 g/mol. The van der Waals surface area contributed by atoms with Crippen LogP contribution in [0.2, 0.25) is 0 Å². The Morgan fingerprint density at radius 3 is 2.37 bits per heavy atom. The number of ether oxygens (including phenoxy) is 1. The summed E-state index contributed by atoms with van der Waals surface area (Å²) in [5, 5.41) is 5.12. The van der Waals surface area contributed by atoms with Gasteiger partial charge in [-0.15, -0.1) is 0 Å². The summed E-state index contributed by atoms with van der Waals surface area (Å²) in [5.41, 5.74) is 1.00. The van der Waals surface area contributed by atoms with Crippen molar-refractivity contribution in [1.82, 2.24) is 0 Å². The first-order valence-corrected chi connectivity index (χ1v) is 12.2. The molecule has 0 atom stereocenters. The Bertz CT molecular complexity index is 1440. The third-order valence-corrected chi connectivity index (χ3v) is 5.97. The number of nitrogens with zero attached hydrogens (tertiary/aromatic N) is 1. The van der Waals surface area contributed by atoms with Gasteiger partial charge in [0.2, 0.25) is 0 Å². The topological polar surface area (TPSA) is 105 Å². The third-order valence-electron chi connectivity index (χ3n) is 5.62. The lowest BCUT2D eigenvalue weighted by atomic mass is 10.1. The molecule has 0 spiro atoms. The number of hydrogen-bond acceptors (Lipinski definition) is 6. The standard InChI is InChI=1S/C28H23ClFN3O5/c1-2-3-15-38-28(37)18-7-6-8-20(16-18)32-25(34)17-11-13-19(14-12-17)31-24-23(29)26(35)33(27(24)36)22-10-5-4-9-21(22)30/h4-14,16,31H,2-3,15H2,1H3,(H,32,34). The fourth-order valence-electron chi connectivity index (χ4n) is 3.63. The number of halogens is 2. The van der Waals surface area contributed by atoms with Crippen molar-refractivity contribution in [3.05, 3.63) is 100 Å². The molecule has 8 nitrogen and oxygen atoms in total. The maximum atomic E-state index is 14.2. The Morgan fingerprint density at radius 2 is 1.66 bits per heavy atom. The Labute approximate surface area is 223 Å². The quantitative estimate of drug-likeness (QED) is 0.214. The van der Waals surface area contributed by atoms with E-state index in [2.05, 4.69) is 10.6 Å². The molecule has 1 aliphatic rings. The van der Waals surface area contributed by atoms with Gasteiger partial charge in [-0.3, -0.25) is 14.4 Å². The zero-order chi connectivity index (χ0) is 27.2. The van der Waals surface area contributed by atoms with E-state index in [4.69, 9.17) is 16.3 Å². The number of para-hydroxylation sites is 1. The highest BCUT2D eigenvalue weighted by Gasteiger charge is 2.40. The number of rotatable bonds is 9. The molecule has 4 rings (SSSR count). The van der Waals surface area contributed by atoms with Gasteiger partial charge in [-0.2, -0.15) is 0 Å². The molecule has 1 heterocycles. The first-order chi connectivity index (χ1) is 18.3. The fourth-order valence-corrected chi connectivity index (χ4v) is 3.84. The van der Waals surface area contributed by atoms with Gasteiger partial charge in [0.25, 0.3) is 17.7 Å². The second-order valence-electron chi connectivity index (χ2n) is 8.31. The highest BCUT2D eigenvalue weighted by Crippen LogP contribution is 2.31. The first kappa shape index (κ1) is 26.6. The van der Waals surface area contributed by atoms with Crippen LogP contribution in [-0.2, 0) is 14.3 Å². The van der Waals surface area contributed by atoms with Crippen LogP contribution in [0.4, 0.5) is 21.5 Å². The number of esters is 1. The van der Waals surface area contributed by atoms with Gasteiger partial charge in [0, 0.05) is 16.9 Å². The number of carbonyl (C=O) groups excluding carboxylic acids is 4. The summed E-state index contributed by atoms with van der Waals surface area (Å²) in [6, 6.07) is 17.9. The normalized spacial score (nSPS) is 13.1. The highest BCUT2D eigenvalue weighted by atomic mass is 35.5. The molecule has 2 N–H and O–H groups in total. The largest absolute Gasteiger partial charge is 0.462 e. The van der Waals surface area contributed by atoms with Crippen molar-refractivity contribution in [1.29, 1.82) is 0 Å². The number of imide groups is 1. The van der Waals surface area contributed by atoms with E-state index >= 15 is 0 Å². The Kier molecular flexibility index (Phi) is 8.18. The van der Waals surface area contributed by atoms with E-state index in [0.29, 0.717) is 34.0 Å². The average Bonchev–Trinajstić information content (AvgIpc) is 3.12. The molecule has 3 aromatic rings. The second-order valence-corrected chi connectivity index (χ2v) is 8.69. The minimum Gasteiger partial charge on any atom is -0.462 e. The molecule has 0 aliphatic carbocycles. The number of unbranched alkanes of at least 4 members (excludes halogenated alkanes) is 1. The molecule has 3 amide bonds. The molecule has 194 valence electrons. The molecule has 10 heteroatoms. The maximum Gasteiger partial charge on any atom is 0.338 e. The SMILES string of the molecule is CCCCOC(=O)c1cccc(NC(=O)c2ccc(NC3=C(Cl)C(=O)N(c4ccccc4F)C3=O)cc2)c1. The summed E-state index contributed by atoms with van der Waals surface area (Å²) in [4.78, 5) is 50.9. The van der Waals surface area contributed by atoms with E-state index < -0.39 is 29.5 Å². The highest BCUT2D eigenvalue weighted by molar-refractivity contribution is 6.53. The van der Waals surface area contributed by atoms with E-state index in [1.165, 1.54) is 48.5 Å². The Morgan fingerprint density at radius 1 is 0.921 bits per heavy atom. The van der Waals surface area contributed by atoms with E-state index in [9.17, 15) is 23.6 Å². The zero-order valence-electron chi connectivity index (χ0n) is 20.3. The maximum absolute atomic E-state index is 14.2. The third kappa shape index (κ3) is 5.73. The first-order valence-electron chi connectivity index (χ1n) is 11.8. The lowest BCUT2D eigenvalue weighted by Crippen LogP contribution is -2.33. The molecule has 0 bridgehead atoms. The van der Waals surface area contributed by atoms with Crippen LogP contribution in [-0.4, -0.2) is 30.3 Å². The van der Waals surface area contributed by atoms with Crippen LogP contribution in [0.3, 0.4) is 0 Å².